The molecule has 0 radical (unpaired) electrons. The van der Waals surface area contributed by atoms with Crippen LogP contribution in [0.5, 0.6) is 0 Å². The van der Waals surface area contributed by atoms with Crippen LogP contribution in [-0.2, 0) is 0 Å². The van der Waals surface area contributed by atoms with Gasteiger partial charge in [-0.3, -0.25) is 0 Å². The van der Waals surface area contributed by atoms with E-state index in [1.54, 1.807) is 0 Å². The van der Waals surface area contributed by atoms with E-state index in [1.165, 1.54) is 0 Å². The van der Waals surface area contributed by atoms with Gasteiger partial charge in [0.2, 0.25) is 0 Å². The topological polar surface area (TPSA) is 52.5 Å². The zero-order valence-electron chi connectivity index (χ0n) is 9.29. The lowest BCUT2D eigenvalue weighted by Gasteiger charge is -2.19. The van der Waals surface area contributed by atoms with Crippen LogP contribution in [0.2, 0.25) is 0 Å². The summed E-state index contributed by atoms with van der Waals surface area (Å²) >= 11 is 0. The van der Waals surface area contributed by atoms with Crippen LogP contribution in [0.15, 0.2) is 0 Å². The molecule has 0 aromatic carbocycles. The minimum Gasteiger partial charge on any atom is -0.393 e. The molecule has 0 saturated heterocycles. The van der Waals surface area contributed by atoms with Gasteiger partial charge < -0.3 is 15.5 Å². The highest BCUT2D eigenvalue weighted by molar-refractivity contribution is 4.78. The summed E-state index contributed by atoms with van der Waals surface area (Å²) < 4.78 is 0. The van der Waals surface area contributed by atoms with Crippen LogP contribution in [0.4, 0.5) is 0 Å². The molecule has 3 N–H and O–H groups in total. The fourth-order valence-corrected chi connectivity index (χ4v) is 1.94. The van der Waals surface area contributed by atoms with Crippen LogP contribution < -0.4 is 5.32 Å². The molecular formula is C11H23NO2. The number of rotatable bonds is 5. The standard InChI is InChI=1S/C11H23NO2/c1-11(2,14)6-7-12-8-9-4-3-5-10(9)13/h9-10,12-14H,3-8H2,1-2H3. The van der Waals surface area contributed by atoms with E-state index in [2.05, 4.69) is 5.32 Å². The summed E-state index contributed by atoms with van der Waals surface area (Å²) in [5, 5.41) is 22.3. The van der Waals surface area contributed by atoms with Crippen LogP contribution in [-0.4, -0.2) is 35.0 Å². The zero-order valence-corrected chi connectivity index (χ0v) is 9.29. The molecule has 1 fully saturated rings. The van der Waals surface area contributed by atoms with Crippen molar-refractivity contribution in [2.75, 3.05) is 13.1 Å². The van der Waals surface area contributed by atoms with E-state index in [4.69, 9.17) is 0 Å². The van der Waals surface area contributed by atoms with Gasteiger partial charge in [-0.05, 0) is 45.6 Å². The maximum absolute atomic E-state index is 9.56. The molecule has 1 saturated carbocycles. The Morgan fingerprint density at radius 2 is 2.07 bits per heavy atom. The lowest BCUT2D eigenvalue weighted by atomic mass is 10.0. The van der Waals surface area contributed by atoms with E-state index < -0.39 is 5.60 Å². The summed E-state index contributed by atoms with van der Waals surface area (Å²) in [6.45, 7) is 5.35. The summed E-state index contributed by atoms with van der Waals surface area (Å²) in [7, 11) is 0. The second-order valence-corrected chi connectivity index (χ2v) is 5.02. The molecule has 1 aliphatic carbocycles. The maximum Gasteiger partial charge on any atom is 0.0603 e. The van der Waals surface area contributed by atoms with E-state index in [9.17, 15) is 10.2 Å². The third-order valence-corrected chi connectivity index (χ3v) is 2.94. The van der Waals surface area contributed by atoms with Crippen molar-refractivity contribution in [2.45, 2.75) is 51.2 Å². The van der Waals surface area contributed by atoms with Gasteiger partial charge in [0.15, 0.2) is 0 Å². The first-order valence-corrected chi connectivity index (χ1v) is 5.60. The second kappa shape index (κ2) is 5.10. The molecule has 1 aliphatic rings. The van der Waals surface area contributed by atoms with Gasteiger partial charge in [-0.2, -0.15) is 0 Å². The van der Waals surface area contributed by atoms with Gasteiger partial charge in [0.1, 0.15) is 0 Å². The van der Waals surface area contributed by atoms with E-state index in [1.807, 2.05) is 13.8 Å². The quantitative estimate of drug-likeness (QED) is 0.579. The average Bonchev–Trinajstić information content (AvgIpc) is 2.44. The minimum atomic E-state index is -0.582. The summed E-state index contributed by atoms with van der Waals surface area (Å²) in [4.78, 5) is 0. The number of nitrogens with one attached hydrogen (secondary N) is 1. The molecule has 0 spiro atoms. The molecule has 3 nitrogen and oxygen atoms in total. The van der Waals surface area contributed by atoms with E-state index >= 15 is 0 Å². The third-order valence-electron chi connectivity index (χ3n) is 2.94. The third kappa shape index (κ3) is 4.40. The normalized spacial score (nSPS) is 28.3. The fraction of sp³-hybridized carbons (Fsp3) is 1.00. The van der Waals surface area contributed by atoms with Gasteiger partial charge in [-0.1, -0.05) is 6.42 Å². The van der Waals surface area contributed by atoms with Crippen molar-refractivity contribution in [3.8, 4) is 0 Å². The molecule has 2 unspecified atom stereocenters. The number of hydrogen-bond acceptors (Lipinski definition) is 3. The Bertz CT molecular complexity index is 165. The molecule has 3 heteroatoms. The first kappa shape index (κ1) is 12.0. The van der Waals surface area contributed by atoms with Gasteiger partial charge in [0.25, 0.3) is 0 Å². The zero-order chi connectivity index (χ0) is 10.6. The Morgan fingerprint density at radius 1 is 1.36 bits per heavy atom. The van der Waals surface area contributed by atoms with Crippen molar-refractivity contribution in [3.63, 3.8) is 0 Å². The second-order valence-electron chi connectivity index (χ2n) is 5.02. The number of hydrogen-bond donors (Lipinski definition) is 3. The highest BCUT2D eigenvalue weighted by Gasteiger charge is 2.24. The predicted molar refractivity (Wildman–Crippen MR) is 57.1 cm³/mol. The Hall–Kier alpha value is -0.120. The van der Waals surface area contributed by atoms with Crippen molar-refractivity contribution in [3.05, 3.63) is 0 Å². The SMILES string of the molecule is CC(C)(O)CCNCC1CCCC1O. The average molecular weight is 201 g/mol. The van der Waals surface area contributed by atoms with Crippen molar-refractivity contribution in [2.24, 2.45) is 5.92 Å². The Morgan fingerprint density at radius 3 is 2.57 bits per heavy atom. The first-order valence-electron chi connectivity index (χ1n) is 5.60. The molecule has 14 heavy (non-hydrogen) atoms. The minimum absolute atomic E-state index is 0.107. The largest absolute Gasteiger partial charge is 0.393 e. The van der Waals surface area contributed by atoms with E-state index in [-0.39, 0.29) is 6.10 Å². The Kier molecular flexibility index (Phi) is 4.35. The van der Waals surface area contributed by atoms with Crippen molar-refractivity contribution >= 4 is 0 Å². The highest BCUT2D eigenvalue weighted by atomic mass is 16.3. The summed E-state index contributed by atoms with van der Waals surface area (Å²) in [6.07, 6.45) is 3.90. The smallest absolute Gasteiger partial charge is 0.0603 e. The van der Waals surface area contributed by atoms with Gasteiger partial charge in [0.05, 0.1) is 11.7 Å². The van der Waals surface area contributed by atoms with Crippen LogP contribution in [0.3, 0.4) is 0 Å². The predicted octanol–water partition coefficient (Wildman–Crippen LogP) is 0.898. The lowest BCUT2D eigenvalue weighted by molar-refractivity contribution is 0.0699. The van der Waals surface area contributed by atoms with Crippen LogP contribution in [0, 0.1) is 5.92 Å². The monoisotopic (exact) mass is 201 g/mol. The van der Waals surface area contributed by atoms with Gasteiger partial charge in [0, 0.05) is 6.54 Å². The molecule has 0 heterocycles. The van der Waals surface area contributed by atoms with Crippen LogP contribution in [0.1, 0.15) is 39.5 Å². The molecule has 0 amide bonds. The fourth-order valence-electron chi connectivity index (χ4n) is 1.94. The molecule has 0 aromatic heterocycles. The summed E-state index contributed by atoms with van der Waals surface area (Å²) in [6, 6.07) is 0. The van der Waals surface area contributed by atoms with E-state index in [0.717, 1.165) is 38.8 Å². The van der Waals surface area contributed by atoms with Crippen molar-refractivity contribution < 1.29 is 10.2 Å². The number of aliphatic hydroxyl groups excluding tert-OH is 1. The van der Waals surface area contributed by atoms with E-state index in [0.29, 0.717) is 5.92 Å². The molecule has 0 aromatic rings. The van der Waals surface area contributed by atoms with Gasteiger partial charge >= 0.3 is 0 Å². The van der Waals surface area contributed by atoms with Crippen molar-refractivity contribution in [1.29, 1.82) is 0 Å². The van der Waals surface area contributed by atoms with Crippen LogP contribution in [0.25, 0.3) is 0 Å². The molecule has 2 atom stereocenters. The Labute approximate surface area is 86.5 Å². The number of aliphatic hydroxyl groups is 2. The maximum atomic E-state index is 9.56. The molecule has 0 aliphatic heterocycles. The Balaban J connectivity index is 2.04. The summed E-state index contributed by atoms with van der Waals surface area (Å²) in [5.74, 6) is 0.428. The van der Waals surface area contributed by atoms with Gasteiger partial charge in [-0.25, -0.2) is 0 Å². The van der Waals surface area contributed by atoms with Gasteiger partial charge in [-0.15, -0.1) is 0 Å². The molecule has 0 bridgehead atoms. The molecule has 84 valence electrons. The first-order chi connectivity index (χ1) is 6.49. The molecular weight excluding hydrogens is 178 g/mol. The van der Waals surface area contributed by atoms with Crippen LogP contribution >= 0.6 is 0 Å². The lowest BCUT2D eigenvalue weighted by Crippen LogP contribution is -2.32. The molecule has 1 rings (SSSR count). The highest BCUT2D eigenvalue weighted by Crippen LogP contribution is 2.24. The summed E-state index contributed by atoms with van der Waals surface area (Å²) in [5.41, 5.74) is -0.582. The van der Waals surface area contributed by atoms with Crippen molar-refractivity contribution in [1.82, 2.24) is 5.32 Å².